The van der Waals surface area contributed by atoms with E-state index in [2.05, 4.69) is 4.74 Å². The first kappa shape index (κ1) is 8.87. The van der Waals surface area contributed by atoms with Gasteiger partial charge in [-0.15, -0.1) is 0 Å². The number of carbonyl (C=O) groups is 1. The molecule has 0 amide bonds. The second-order valence-electron chi connectivity index (χ2n) is 2.13. The van der Waals surface area contributed by atoms with Crippen LogP contribution in [0.2, 0.25) is 5.02 Å². The number of rotatable bonds is 2. The molecular weight excluding hydrogens is 180 g/mol. The summed E-state index contributed by atoms with van der Waals surface area (Å²) in [6.07, 6.45) is -1.55. The Kier molecular flexibility index (Phi) is 2.94. The largest absolute Gasteiger partial charge is 0.550 e. The Morgan fingerprint density at radius 1 is 1.42 bits per heavy atom. The van der Waals surface area contributed by atoms with E-state index >= 15 is 0 Å². The minimum atomic E-state index is -1.55. The third-order valence-electron chi connectivity index (χ3n) is 1.30. The van der Waals surface area contributed by atoms with Gasteiger partial charge in [-0.3, -0.25) is 0 Å². The van der Waals surface area contributed by atoms with Gasteiger partial charge in [-0.2, -0.15) is 9.90 Å². The molecule has 0 fully saturated rings. The van der Waals surface area contributed by atoms with Crippen molar-refractivity contribution in [1.29, 1.82) is 0 Å². The Hall–Kier alpha value is -1.22. The van der Waals surface area contributed by atoms with E-state index in [4.69, 9.17) is 11.6 Å². The van der Waals surface area contributed by atoms with Crippen LogP contribution in [0.1, 0.15) is 5.56 Å². The number of benzene rings is 1. The molecule has 0 aliphatic carbocycles. The predicted molar refractivity (Wildman–Crippen MR) is 42.3 cm³/mol. The van der Waals surface area contributed by atoms with Crippen molar-refractivity contribution in [2.75, 3.05) is 0 Å². The highest BCUT2D eigenvalue weighted by molar-refractivity contribution is 6.31. The topological polar surface area (TPSA) is 46.2 Å². The Balaban J connectivity index is 2.63. The van der Waals surface area contributed by atoms with Gasteiger partial charge >= 0.3 is 6.16 Å². The van der Waals surface area contributed by atoms with Crippen LogP contribution in [0.15, 0.2) is 24.3 Å². The summed E-state index contributed by atoms with van der Waals surface area (Å²) in [4.78, 5) is 9.91. The van der Waals surface area contributed by atoms with Crippen LogP contribution in [-0.2, 0) is 16.5 Å². The van der Waals surface area contributed by atoms with Crippen LogP contribution in [0.3, 0.4) is 0 Å². The van der Waals surface area contributed by atoms with Crippen molar-refractivity contribution in [1.82, 2.24) is 0 Å². The summed E-state index contributed by atoms with van der Waals surface area (Å²) in [5.74, 6) is 0. The molecule has 3 nitrogen and oxygen atoms in total. The first-order valence-corrected chi connectivity index (χ1v) is 3.65. The van der Waals surface area contributed by atoms with E-state index in [1.54, 1.807) is 24.3 Å². The molecule has 0 N–H and O–H groups in total. The Morgan fingerprint density at radius 3 is 2.67 bits per heavy atom. The fourth-order valence-corrected chi connectivity index (χ4v) is 0.942. The van der Waals surface area contributed by atoms with Crippen molar-refractivity contribution in [3.63, 3.8) is 0 Å². The van der Waals surface area contributed by atoms with Gasteiger partial charge in [0.15, 0.2) is 0 Å². The first-order valence-electron chi connectivity index (χ1n) is 3.27. The molecule has 0 bridgehead atoms. The maximum absolute atomic E-state index is 9.91. The number of carbonyl (C=O) groups excluding carboxylic acids is 1. The van der Waals surface area contributed by atoms with Crippen molar-refractivity contribution in [2.24, 2.45) is 0 Å². The maximum atomic E-state index is 9.91. The SMILES string of the molecule is [O]C(=O)OCc1ccccc1Cl. The maximum Gasteiger partial charge on any atom is 0.550 e. The fourth-order valence-electron chi connectivity index (χ4n) is 0.752. The van der Waals surface area contributed by atoms with Crippen molar-refractivity contribution in [3.05, 3.63) is 34.9 Å². The zero-order valence-corrected chi connectivity index (χ0v) is 6.88. The van der Waals surface area contributed by atoms with Gasteiger partial charge in [0.05, 0.1) is 0 Å². The van der Waals surface area contributed by atoms with E-state index < -0.39 is 6.16 Å². The summed E-state index contributed by atoms with van der Waals surface area (Å²) >= 11 is 5.71. The molecule has 0 aliphatic heterocycles. The summed E-state index contributed by atoms with van der Waals surface area (Å²) in [6.45, 7) is -0.0675. The fraction of sp³-hybridized carbons (Fsp3) is 0.125. The molecular formula is C8H6ClO3. The summed E-state index contributed by atoms with van der Waals surface area (Å²) in [5, 5.41) is 10.4. The van der Waals surface area contributed by atoms with Crippen LogP contribution >= 0.6 is 11.6 Å². The Labute approximate surface area is 74.5 Å². The van der Waals surface area contributed by atoms with Crippen molar-refractivity contribution < 1.29 is 14.6 Å². The Bertz CT molecular complexity index is 285. The molecule has 1 rings (SSSR count). The molecule has 12 heavy (non-hydrogen) atoms. The molecule has 0 atom stereocenters. The molecule has 0 unspecified atom stereocenters. The number of ether oxygens (including phenoxy) is 1. The monoisotopic (exact) mass is 185 g/mol. The van der Waals surface area contributed by atoms with Crippen LogP contribution in [-0.4, -0.2) is 6.16 Å². The highest BCUT2D eigenvalue weighted by atomic mass is 35.5. The van der Waals surface area contributed by atoms with Crippen LogP contribution in [0.25, 0.3) is 0 Å². The molecule has 0 heterocycles. The van der Waals surface area contributed by atoms with Gasteiger partial charge < -0.3 is 4.74 Å². The Morgan fingerprint density at radius 2 is 2.08 bits per heavy atom. The summed E-state index contributed by atoms with van der Waals surface area (Å²) in [6, 6.07) is 6.85. The highest BCUT2D eigenvalue weighted by Gasteiger charge is 2.03. The van der Waals surface area contributed by atoms with Crippen LogP contribution in [0.5, 0.6) is 0 Å². The summed E-state index contributed by atoms with van der Waals surface area (Å²) in [7, 11) is 0. The van der Waals surface area contributed by atoms with Crippen LogP contribution in [0.4, 0.5) is 4.79 Å². The number of halogens is 1. The molecule has 0 aliphatic rings. The molecule has 0 saturated heterocycles. The zero-order chi connectivity index (χ0) is 8.97. The quantitative estimate of drug-likeness (QED) is 0.665. The number of hydrogen-bond acceptors (Lipinski definition) is 2. The van der Waals surface area contributed by atoms with Crippen molar-refractivity contribution in [3.8, 4) is 0 Å². The molecule has 0 saturated carbocycles. The second kappa shape index (κ2) is 3.97. The lowest BCUT2D eigenvalue weighted by molar-refractivity contribution is 0.0619. The number of hydrogen-bond donors (Lipinski definition) is 0. The normalized spacial score (nSPS) is 9.42. The lowest BCUT2D eigenvalue weighted by atomic mass is 10.2. The van der Waals surface area contributed by atoms with E-state index in [0.29, 0.717) is 10.6 Å². The first-order chi connectivity index (χ1) is 5.70. The van der Waals surface area contributed by atoms with E-state index in [0.717, 1.165) is 0 Å². The van der Waals surface area contributed by atoms with Gasteiger partial charge in [0.2, 0.25) is 0 Å². The van der Waals surface area contributed by atoms with Gasteiger partial charge in [0, 0.05) is 10.6 Å². The average molecular weight is 186 g/mol. The van der Waals surface area contributed by atoms with E-state index in [1.165, 1.54) is 0 Å². The second-order valence-corrected chi connectivity index (χ2v) is 2.54. The van der Waals surface area contributed by atoms with Crippen LogP contribution in [0, 0.1) is 0 Å². The van der Waals surface area contributed by atoms with Crippen LogP contribution < -0.4 is 0 Å². The minimum Gasteiger partial charge on any atom is -0.427 e. The predicted octanol–water partition coefficient (Wildman–Crippen LogP) is 2.41. The highest BCUT2D eigenvalue weighted by Crippen LogP contribution is 2.15. The standard InChI is InChI=1S/C8H6ClO3/c9-7-4-2-1-3-6(7)5-12-8(10)11/h1-4H,5H2. The molecule has 1 aromatic rings. The summed E-state index contributed by atoms with van der Waals surface area (Å²) < 4.78 is 4.23. The molecule has 1 aromatic carbocycles. The smallest absolute Gasteiger partial charge is 0.427 e. The van der Waals surface area contributed by atoms with Gasteiger partial charge in [0.1, 0.15) is 6.61 Å². The van der Waals surface area contributed by atoms with Gasteiger partial charge in [0.25, 0.3) is 0 Å². The summed E-state index contributed by atoms with van der Waals surface area (Å²) in [5.41, 5.74) is 0.628. The van der Waals surface area contributed by atoms with Gasteiger partial charge in [-0.05, 0) is 6.07 Å². The van der Waals surface area contributed by atoms with E-state index in [9.17, 15) is 9.90 Å². The van der Waals surface area contributed by atoms with E-state index in [1.807, 2.05) is 0 Å². The minimum absolute atomic E-state index is 0.0675. The zero-order valence-electron chi connectivity index (χ0n) is 6.12. The molecule has 1 radical (unpaired) electrons. The molecule has 0 spiro atoms. The lowest BCUT2D eigenvalue weighted by Crippen LogP contribution is -1.98. The molecule has 4 heteroatoms. The van der Waals surface area contributed by atoms with E-state index in [-0.39, 0.29) is 6.61 Å². The molecule has 63 valence electrons. The van der Waals surface area contributed by atoms with Gasteiger partial charge in [-0.1, -0.05) is 29.8 Å². The lowest BCUT2D eigenvalue weighted by Gasteiger charge is -2.00. The third-order valence-corrected chi connectivity index (χ3v) is 1.67. The van der Waals surface area contributed by atoms with Crippen molar-refractivity contribution in [2.45, 2.75) is 6.61 Å². The average Bonchev–Trinajstić information content (AvgIpc) is 2.03. The molecule has 0 aromatic heterocycles. The van der Waals surface area contributed by atoms with Crippen molar-refractivity contribution >= 4 is 17.8 Å². The third kappa shape index (κ3) is 2.43. The van der Waals surface area contributed by atoms with Gasteiger partial charge in [-0.25, -0.2) is 0 Å².